The van der Waals surface area contributed by atoms with Crippen LogP contribution in [-0.2, 0) is 0 Å². The van der Waals surface area contributed by atoms with Crippen LogP contribution in [0.4, 0.5) is 0 Å². The molecule has 0 N–H and O–H groups in total. The number of thiocarbonyl (C=S) groups is 1. The van der Waals surface area contributed by atoms with E-state index in [-0.39, 0.29) is 0 Å². The van der Waals surface area contributed by atoms with Crippen LogP contribution in [-0.4, -0.2) is 33.7 Å². The predicted molar refractivity (Wildman–Crippen MR) is 74.4 cm³/mol. The maximum Gasteiger partial charge on any atom is 0.139 e. The lowest BCUT2D eigenvalue weighted by Gasteiger charge is -2.38. The molecule has 2 nitrogen and oxygen atoms in total. The molecule has 1 unspecified atom stereocenters. The molecule has 86 valence electrons. The van der Waals surface area contributed by atoms with Crippen LogP contribution in [0.3, 0.4) is 0 Å². The Morgan fingerprint density at radius 1 is 1.31 bits per heavy atom. The van der Waals surface area contributed by atoms with Crippen molar-refractivity contribution < 1.29 is 0 Å². The Morgan fingerprint density at radius 3 is 2.69 bits per heavy atom. The minimum Gasteiger partial charge on any atom is -0.338 e. The second kappa shape index (κ2) is 5.17. The first-order valence-corrected chi connectivity index (χ1v) is 6.75. The lowest BCUT2D eigenvalue weighted by Crippen LogP contribution is -2.43. The third-order valence-electron chi connectivity index (χ3n) is 2.79. The highest BCUT2D eigenvalue weighted by Gasteiger charge is 2.24. The molecule has 1 atom stereocenters. The Hall–Kier alpha value is -0.580. The summed E-state index contributed by atoms with van der Waals surface area (Å²) in [7, 11) is 2.12. The van der Waals surface area contributed by atoms with Gasteiger partial charge in [0.2, 0.25) is 0 Å². The molecule has 1 fully saturated rings. The minimum atomic E-state index is 0.351. The molecule has 1 heterocycles. The van der Waals surface area contributed by atoms with Gasteiger partial charge in [-0.3, -0.25) is 4.90 Å². The second-order valence-electron chi connectivity index (χ2n) is 4.09. The van der Waals surface area contributed by atoms with Crippen molar-refractivity contribution in [3.8, 4) is 0 Å². The van der Waals surface area contributed by atoms with Gasteiger partial charge >= 0.3 is 0 Å². The van der Waals surface area contributed by atoms with Gasteiger partial charge < -0.3 is 4.90 Å². The standard InChI is InChI=1S/C12H16N2S2/c1-10(11-6-4-3-5-7-11)14-8-13(2)9-16-12(14)15/h3-7,10H,8-9H2,1-2H3. The maximum absolute atomic E-state index is 5.42. The molecule has 1 aromatic rings. The molecule has 0 spiro atoms. The largest absolute Gasteiger partial charge is 0.338 e. The molecule has 2 rings (SSSR count). The topological polar surface area (TPSA) is 6.48 Å². The summed E-state index contributed by atoms with van der Waals surface area (Å²) in [5.74, 6) is 0.997. The van der Waals surface area contributed by atoms with Gasteiger partial charge in [0.05, 0.1) is 18.6 Å². The molecule has 0 saturated carbocycles. The summed E-state index contributed by atoms with van der Waals surface area (Å²) in [6, 6.07) is 10.9. The average Bonchev–Trinajstić information content (AvgIpc) is 2.32. The normalized spacial score (nSPS) is 19.9. The van der Waals surface area contributed by atoms with Crippen LogP contribution in [0.15, 0.2) is 30.3 Å². The average molecular weight is 252 g/mol. The van der Waals surface area contributed by atoms with Gasteiger partial charge in [0.25, 0.3) is 0 Å². The van der Waals surface area contributed by atoms with E-state index in [1.807, 2.05) is 6.07 Å². The summed E-state index contributed by atoms with van der Waals surface area (Å²) >= 11 is 7.16. The van der Waals surface area contributed by atoms with E-state index >= 15 is 0 Å². The number of thioether (sulfide) groups is 1. The van der Waals surface area contributed by atoms with E-state index in [1.54, 1.807) is 11.8 Å². The van der Waals surface area contributed by atoms with Gasteiger partial charge in [0.15, 0.2) is 0 Å². The van der Waals surface area contributed by atoms with Gasteiger partial charge in [-0.05, 0) is 19.5 Å². The fourth-order valence-electron chi connectivity index (χ4n) is 1.80. The molecule has 0 amide bonds. The molecule has 0 aromatic heterocycles. The SMILES string of the molecule is CC(c1ccccc1)N1CN(C)CSC1=S. The fourth-order valence-corrected chi connectivity index (χ4v) is 2.97. The second-order valence-corrected chi connectivity index (χ2v) is 5.67. The molecular formula is C12H16N2S2. The van der Waals surface area contributed by atoms with Crippen molar-refractivity contribution in [2.75, 3.05) is 19.6 Å². The molecule has 1 aromatic carbocycles. The third-order valence-corrected chi connectivity index (χ3v) is 4.43. The third kappa shape index (κ3) is 2.56. The van der Waals surface area contributed by atoms with E-state index in [2.05, 4.69) is 48.0 Å². The van der Waals surface area contributed by atoms with Gasteiger partial charge in [-0.2, -0.15) is 0 Å². The minimum absolute atomic E-state index is 0.351. The molecule has 1 saturated heterocycles. The molecule has 0 aliphatic carbocycles. The van der Waals surface area contributed by atoms with Gasteiger partial charge in [-0.25, -0.2) is 0 Å². The van der Waals surface area contributed by atoms with E-state index in [9.17, 15) is 0 Å². The first-order valence-electron chi connectivity index (χ1n) is 5.35. The number of hydrogen-bond acceptors (Lipinski definition) is 3. The van der Waals surface area contributed by atoms with E-state index in [0.717, 1.165) is 16.9 Å². The van der Waals surface area contributed by atoms with Crippen LogP contribution in [0.1, 0.15) is 18.5 Å². The highest BCUT2D eigenvalue weighted by atomic mass is 32.2. The maximum atomic E-state index is 5.42. The Bertz CT molecular complexity index is 367. The first kappa shape index (κ1) is 11.9. The zero-order valence-electron chi connectivity index (χ0n) is 9.59. The van der Waals surface area contributed by atoms with Gasteiger partial charge in [0, 0.05) is 0 Å². The van der Waals surface area contributed by atoms with Crippen molar-refractivity contribution in [1.82, 2.24) is 9.80 Å². The van der Waals surface area contributed by atoms with Crippen molar-refractivity contribution in [3.05, 3.63) is 35.9 Å². The van der Waals surface area contributed by atoms with Crippen LogP contribution < -0.4 is 0 Å². The first-order chi connectivity index (χ1) is 7.68. The molecule has 0 bridgehead atoms. The quantitative estimate of drug-likeness (QED) is 0.746. The van der Waals surface area contributed by atoms with E-state index < -0.39 is 0 Å². The Kier molecular flexibility index (Phi) is 3.84. The van der Waals surface area contributed by atoms with Gasteiger partial charge in [0.1, 0.15) is 4.32 Å². The number of nitrogens with zero attached hydrogens (tertiary/aromatic N) is 2. The molecule has 1 aliphatic heterocycles. The van der Waals surface area contributed by atoms with Crippen LogP contribution in [0.25, 0.3) is 0 Å². The summed E-state index contributed by atoms with van der Waals surface area (Å²) < 4.78 is 1.01. The zero-order valence-corrected chi connectivity index (χ0v) is 11.2. The summed E-state index contributed by atoms with van der Waals surface area (Å²) in [6.45, 7) is 3.13. The zero-order chi connectivity index (χ0) is 11.5. The lowest BCUT2D eigenvalue weighted by atomic mass is 10.1. The predicted octanol–water partition coefficient (Wildman–Crippen LogP) is 2.93. The van der Waals surface area contributed by atoms with E-state index in [1.165, 1.54) is 5.56 Å². The monoisotopic (exact) mass is 252 g/mol. The van der Waals surface area contributed by atoms with Gasteiger partial charge in [-0.15, -0.1) is 0 Å². The van der Waals surface area contributed by atoms with Gasteiger partial charge in [-0.1, -0.05) is 54.3 Å². The van der Waals surface area contributed by atoms with Crippen molar-refractivity contribution in [2.24, 2.45) is 0 Å². The lowest BCUT2D eigenvalue weighted by molar-refractivity contribution is 0.211. The highest BCUT2D eigenvalue weighted by Crippen LogP contribution is 2.27. The van der Waals surface area contributed by atoms with Crippen molar-refractivity contribution in [3.63, 3.8) is 0 Å². The van der Waals surface area contributed by atoms with Crippen LogP contribution in [0.5, 0.6) is 0 Å². The number of rotatable bonds is 2. The van der Waals surface area contributed by atoms with Crippen LogP contribution >= 0.6 is 24.0 Å². The van der Waals surface area contributed by atoms with Crippen molar-refractivity contribution in [1.29, 1.82) is 0 Å². The van der Waals surface area contributed by atoms with E-state index in [4.69, 9.17) is 12.2 Å². The van der Waals surface area contributed by atoms with Crippen molar-refractivity contribution in [2.45, 2.75) is 13.0 Å². The highest BCUT2D eigenvalue weighted by molar-refractivity contribution is 8.22. The molecule has 16 heavy (non-hydrogen) atoms. The smallest absolute Gasteiger partial charge is 0.139 e. The molecule has 4 heteroatoms. The van der Waals surface area contributed by atoms with Crippen LogP contribution in [0.2, 0.25) is 0 Å². The van der Waals surface area contributed by atoms with Crippen LogP contribution in [0, 0.1) is 0 Å². The van der Waals surface area contributed by atoms with E-state index in [0.29, 0.717) is 6.04 Å². The Morgan fingerprint density at radius 2 is 2.00 bits per heavy atom. The Balaban J connectivity index is 2.14. The van der Waals surface area contributed by atoms with Crippen molar-refractivity contribution >= 4 is 28.3 Å². The fraction of sp³-hybridized carbons (Fsp3) is 0.417. The number of hydrogen-bond donors (Lipinski definition) is 0. The summed E-state index contributed by atoms with van der Waals surface area (Å²) in [4.78, 5) is 4.55. The molecule has 0 radical (unpaired) electrons. The summed E-state index contributed by atoms with van der Waals surface area (Å²) in [5, 5.41) is 0. The summed E-state index contributed by atoms with van der Waals surface area (Å²) in [6.07, 6.45) is 0. The Labute approximate surface area is 107 Å². The molecule has 1 aliphatic rings. The summed E-state index contributed by atoms with van der Waals surface area (Å²) in [5.41, 5.74) is 1.32. The number of benzene rings is 1. The molecular weight excluding hydrogens is 236 g/mol.